The van der Waals surface area contributed by atoms with Crippen LogP contribution in [0.15, 0.2) is 21.9 Å². The van der Waals surface area contributed by atoms with Crippen molar-refractivity contribution < 1.29 is 19.7 Å². The van der Waals surface area contributed by atoms with Crippen LogP contribution in [0.25, 0.3) is 0 Å². The summed E-state index contributed by atoms with van der Waals surface area (Å²) >= 11 is 1.08. The second-order valence-corrected chi connectivity index (χ2v) is 6.34. The summed E-state index contributed by atoms with van der Waals surface area (Å²) in [6, 6.07) is 0.357. The molecule has 1 fully saturated rings. The molecule has 5 atom stereocenters. The van der Waals surface area contributed by atoms with Crippen LogP contribution in [0, 0.1) is 0 Å². The summed E-state index contributed by atoms with van der Waals surface area (Å²) in [5.74, 6) is -0.619. The number of carbonyl (C=O) groups excluding carboxylic acids is 1. The fourth-order valence-corrected chi connectivity index (χ4v) is 3.47. The van der Waals surface area contributed by atoms with Crippen LogP contribution in [0.1, 0.15) is 12.3 Å². The van der Waals surface area contributed by atoms with Gasteiger partial charge in [0.15, 0.2) is 0 Å². The summed E-state index contributed by atoms with van der Waals surface area (Å²) < 4.78 is 6.06. The molecule has 0 amide bonds. The maximum atomic E-state index is 11.7. The van der Waals surface area contributed by atoms with Gasteiger partial charge in [-0.25, -0.2) is 4.79 Å². The van der Waals surface area contributed by atoms with Crippen molar-refractivity contribution in [1.82, 2.24) is 9.55 Å². The highest BCUT2D eigenvalue weighted by atomic mass is 32.2. The molecule has 1 aromatic heterocycles. The topological polar surface area (TPSA) is 148 Å². The van der Waals surface area contributed by atoms with Gasteiger partial charge in [-0.15, -0.1) is 11.8 Å². The van der Waals surface area contributed by atoms with Gasteiger partial charge in [0.05, 0.1) is 11.4 Å². The van der Waals surface area contributed by atoms with E-state index < -0.39 is 46.1 Å². The normalized spacial score (nSPS) is 29.3. The Morgan fingerprint density at radius 2 is 2.18 bits per heavy atom. The fraction of sp³-hybridized carbons (Fsp3) is 0.583. The minimum atomic E-state index is -1.24. The zero-order chi connectivity index (χ0) is 16.4. The smallest absolute Gasteiger partial charge is 0.329 e. The number of thioether (sulfide) groups is 1. The second-order valence-electron chi connectivity index (χ2n) is 4.98. The maximum Gasteiger partial charge on any atom is 0.329 e. The van der Waals surface area contributed by atoms with Crippen molar-refractivity contribution in [2.75, 3.05) is 6.61 Å². The molecule has 2 heterocycles. The number of hydrogen-bond donors (Lipinski definition) is 4. The zero-order valence-corrected chi connectivity index (χ0v) is 12.5. The number of rotatable bonds is 4. The van der Waals surface area contributed by atoms with Crippen LogP contribution in [0.5, 0.6) is 0 Å². The van der Waals surface area contributed by atoms with Crippen LogP contribution in [0.4, 0.5) is 0 Å². The number of esters is 1. The van der Waals surface area contributed by atoms with Gasteiger partial charge in [-0.1, -0.05) is 0 Å². The third-order valence-corrected chi connectivity index (χ3v) is 4.77. The number of ether oxygens (including phenoxy) is 1. The number of nitrogens with two attached hydrogens (primary N) is 1. The fourth-order valence-electron chi connectivity index (χ4n) is 2.02. The molecule has 0 bridgehead atoms. The molecular weight excluding hydrogens is 314 g/mol. The summed E-state index contributed by atoms with van der Waals surface area (Å²) in [4.78, 5) is 36.2. The summed E-state index contributed by atoms with van der Waals surface area (Å²) in [7, 11) is 0. The molecule has 22 heavy (non-hydrogen) atoms. The summed E-state index contributed by atoms with van der Waals surface area (Å²) in [6.07, 6.45) is -1.19. The first-order chi connectivity index (χ1) is 10.3. The summed E-state index contributed by atoms with van der Waals surface area (Å²) in [6.45, 7) is 1.33. The molecule has 10 heteroatoms. The molecule has 5 N–H and O–H groups in total. The van der Waals surface area contributed by atoms with E-state index in [0.717, 1.165) is 22.4 Å². The van der Waals surface area contributed by atoms with Gasteiger partial charge in [0, 0.05) is 12.3 Å². The molecule has 1 saturated heterocycles. The van der Waals surface area contributed by atoms with Gasteiger partial charge in [-0.3, -0.25) is 19.1 Å². The molecule has 1 aliphatic rings. The van der Waals surface area contributed by atoms with Crippen LogP contribution >= 0.6 is 11.8 Å². The van der Waals surface area contributed by atoms with Gasteiger partial charge in [0.2, 0.25) is 0 Å². The van der Waals surface area contributed by atoms with Crippen LogP contribution in [0.2, 0.25) is 0 Å². The lowest BCUT2D eigenvalue weighted by atomic mass is 10.1. The van der Waals surface area contributed by atoms with Gasteiger partial charge in [-0.2, -0.15) is 0 Å². The van der Waals surface area contributed by atoms with Crippen LogP contribution < -0.4 is 17.0 Å². The highest BCUT2D eigenvalue weighted by Gasteiger charge is 2.44. The molecule has 9 nitrogen and oxygen atoms in total. The molecule has 0 radical (unpaired) electrons. The summed E-state index contributed by atoms with van der Waals surface area (Å²) in [5.41, 5.74) is 4.12. The molecule has 0 spiro atoms. The Hall–Kier alpha value is -1.62. The Morgan fingerprint density at radius 1 is 1.50 bits per heavy atom. The number of nitrogens with zero attached hydrogens (tertiary/aromatic N) is 1. The predicted octanol–water partition coefficient (Wildman–Crippen LogP) is -2.24. The standard InChI is InChI=1S/C12H17N3O6S/c1-5(13)11(19)21-4-6-8(17)9(18)10(22-6)15-3-2-7(16)14-12(15)20/h2-3,5-6,8-10,17-18H,4,13H2,1H3,(H,14,16,20)/t5-,6+,8?,9?,10+/m0/s1. The first-order valence-corrected chi connectivity index (χ1v) is 7.51. The van der Waals surface area contributed by atoms with Crippen molar-refractivity contribution in [3.63, 3.8) is 0 Å². The van der Waals surface area contributed by atoms with E-state index in [1.807, 2.05) is 0 Å². The molecule has 0 aromatic carbocycles. The lowest BCUT2D eigenvalue weighted by Crippen LogP contribution is -2.38. The first kappa shape index (κ1) is 16.7. The lowest BCUT2D eigenvalue weighted by molar-refractivity contribution is -0.145. The number of aliphatic hydroxyl groups excluding tert-OH is 2. The second kappa shape index (κ2) is 6.65. The minimum Gasteiger partial charge on any atom is -0.463 e. The lowest BCUT2D eigenvalue weighted by Gasteiger charge is -2.17. The number of carbonyl (C=O) groups is 1. The van der Waals surface area contributed by atoms with E-state index >= 15 is 0 Å². The number of hydrogen-bond acceptors (Lipinski definition) is 8. The molecule has 0 aliphatic carbocycles. The Balaban J connectivity index is 2.11. The Morgan fingerprint density at radius 3 is 2.77 bits per heavy atom. The number of nitrogens with one attached hydrogen (secondary N) is 1. The Kier molecular flexibility index (Phi) is 5.06. The third-order valence-electron chi connectivity index (χ3n) is 3.22. The van der Waals surface area contributed by atoms with Gasteiger partial charge in [0.25, 0.3) is 5.56 Å². The van der Waals surface area contributed by atoms with E-state index in [-0.39, 0.29) is 6.61 Å². The van der Waals surface area contributed by atoms with Gasteiger partial charge in [0.1, 0.15) is 24.1 Å². The highest BCUT2D eigenvalue weighted by molar-refractivity contribution is 8.00. The van der Waals surface area contributed by atoms with Crippen molar-refractivity contribution in [2.45, 2.75) is 35.8 Å². The minimum absolute atomic E-state index is 0.141. The quantitative estimate of drug-likeness (QED) is 0.453. The van der Waals surface area contributed by atoms with Crippen LogP contribution in [-0.4, -0.2) is 55.8 Å². The van der Waals surface area contributed by atoms with Crippen LogP contribution in [0.3, 0.4) is 0 Å². The van der Waals surface area contributed by atoms with E-state index in [4.69, 9.17) is 10.5 Å². The number of aromatic amines is 1. The van der Waals surface area contributed by atoms with Crippen LogP contribution in [-0.2, 0) is 9.53 Å². The average molecular weight is 331 g/mol. The van der Waals surface area contributed by atoms with Crippen molar-refractivity contribution in [3.05, 3.63) is 33.1 Å². The van der Waals surface area contributed by atoms with Crippen molar-refractivity contribution in [2.24, 2.45) is 5.73 Å². The molecule has 122 valence electrons. The number of H-pyrrole nitrogens is 1. The molecule has 1 aliphatic heterocycles. The Labute approximate surface area is 129 Å². The third kappa shape index (κ3) is 3.40. The van der Waals surface area contributed by atoms with E-state index in [2.05, 4.69) is 4.98 Å². The van der Waals surface area contributed by atoms with E-state index in [1.54, 1.807) is 0 Å². The van der Waals surface area contributed by atoms with Crippen molar-refractivity contribution in [1.29, 1.82) is 0 Å². The molecule has 1 aromatic rings. The van der Waals surface area contributed by atoms with E-state index in [1.165, 1.54) is 13.1 Å². The maximum absolute atomic E-state index is 11.7. The summed E-state index contributed by atoms with van der Waals surface area (Å²) in [5, 5.41) is 18.7. The van der Waals surface area contributed by atoms with Gasteiger partial charge >= 0.3 is 11.7 Å². The number of aliphatic hydroxyl groups is 2. The highest BCUT2D eigenvalue weighted by Crippen LogP contribution is 2.41. The predicted molar refractivity (Wildman–Crippen MR) is 78.4 cm³/mol. The zero-order valence-electron chi connectivity index (χ0n) is 11.7. The van der Waals surface area contributed by atoms with E-state index in [0.29, 0.717) is 0 Å². The molecule has 2 rings (SSSR count). The largest absolute Gasteiger partial charge is 0.463 e. The SMILES string of the molecule is C[C@H](N)C(=O)OC[C@H]1S[C@@H](n2ccc(=O)[nH]c2=O)C(O)C1O. The molecule has 0 saturated carbocycles. The van der Waals surface area contributed by atoms with E-state index in [9.17, 15) is 24.6 Å². The van der Waals surface area contributed by atoms with Crippen molar-refractivity contribution in [3.8, 4) is 0 Å². The van der Waals surface area contributed by atoms with Gasteiger partial charge in [-0.05, 0) is 6.92 Å². The molecule has 2 unspecified atom stereocenters. The van der Waals surface area contributed by atoms with Crippen molar-refractivity contribution >= 4 is 17.7 Å². The first-order valence-electron chi connectivity index (χ1n) is 6.56. The monoisotopic (exact) mass is 331 g/mol. The Bertz CT molecular complexity index is 657. The molecular formula is C12H17N3O6S. The number of aromatic nitrogens is 2. The van der Waals surface area contributed by atoms with Gasteiger partial charge < -0.3 is 20.7 Å². The average Bonchev–Trinajstić information content (AvgIpc) is 2.73.